The van der Waals surface area contributed by atoms with Gasteiger partial charge in [0.05, 0.1) is 13.2 Å². The second kappa shape index (κ2) is 8.83. The van der Waals surface area contributed by atoms with Crippen LogP contribution in [0.25, 0.3) is 0 Å². The van der Waals surface area contributed by atoms with E-state index < -0.39 is 0 Å². The minimum absolute atomic E-state index is 0.152. The Labute approximate surface area is 144 Å². The van der Waals surface area contributed by atoms with Crippen molar-refractivity contribution in [2.75, 3.05) is 32.8 Å². The number of benzene rings is 2. The highest BCUT2D eigenvalue weighted by Crippen LogP contribution is 2.15. The quantitative estimate of drug-likeness (QED) is 0.849. The number of rotatable bonds is 7. The van der Waals surface area contributed by atoms with E-state index in [1.165, 1.54) is 11.1 Å². The lowest BCUT2D eigenvalue weighted by Crippen LogP contribution is -2.44. The van der Waals surface area contributed by atoms with Gasteiger partial charge in [-0.15, -0.1) is 0 Å². The normalized spacial score (nSPS) is 16.7. The van der Waals surface area contributed by atoms with E-state index in [0.29, 0.717) is 6.61 Å². The highest BCUT2D eigenvalue weighted by atomic mass is 16.5. The zero-order valence-electron chi connectivity index (χ0n) is 14.1. The van der Waals surface area contributed by atoms with Crippen molar-refractivity contribution in [2.24, 2.45) is 5.73 Å². The molecule has 0 radical (unpaired) electrons. The van der Waals surface area contributed by atoms with Gasteiger partial charge in [-0.25, -0.2) is 0 Å². The summed E-state index contributed by atoms with van der Waals surface area (Å²) in [5.41, 5.74) is 8.72. The molecule has 2 aromatic rings. The SMILES string of the molecule is NC(Cc1ccc(OCc2ccccc2)cc1)CN1CCOCC1. The first kappa shape index (κ1) is 17.0. The largest absolute Gasteiger partial charge is 0.489 e. The number of morpholine rings is 1. The van der Waals surface area contributed by atoms with Crippen LogP contribution in [0.15, 0.2) is 54.6 Å². The summed E-state index contributed by atoms with van der Waals surface area (Å²) >= 11 is 0. The van der Waals surface area contributed by atoms with Crippen molar-refractivity contribution >= 4 is 0 Å². The molecular formula is C20H26N2O2. The Kier molecular flexibility index (Phi) is 6.24. The minimum atomic E-state index is 0.152. The molecule has 1 aliphatic heterocycles. The van der Waals surface area contributed by atoms with Crippen molar-refractivity contribution in [3.05, 3.63) is 65.7 Å². The number of nitrogens with zero attached hydrogens (tertiary/aromatic N) is 1. The molecule has 24 heavy (non-hydrogen) atoms. The fourth-order valence-corrected chi connectivity index (χ4v) is 2.95. The van der Waals surface area contributed by atoms with E-state index in [0.717, 1.165) is 45.0 Å². The molecule has 0 amide bonds. The van der Waals surface area contributed by atoms with E-state index in [-0.39, 0.29) is 6.04 Å². The van der Waals surface area contributed by atoms with Crippen molar-refractivity contribution in [3.63, 3.8) is 0 Å². The van der Waals surface area contributed by atoms with Crippen LogP contribution in [0.4, 0.5) is 0 Å². The molecule has 0 saturated carbocycles. The van der Waals surface area contributed by atoms with Crippen molar-refractivity contribution in [1.82, 2.24) is 4.90 Å². The molecule has 1 heterocycles. The van der Waals surface area contributed by atoms with Crippen LogP contribution in [-0.2, 0) is 17.8 Å². The van der Waals surface area contributed by atoms with E-state index in [2.05, 4.69) is 29.2 Å². The molecule has 1 atom stereocenters. The van der Waals surface area contributed by atoms with Gasteiger partial charge in [-0.2, -0.15) is 0 Å². The van der Waals surface area contributed by atoms with Crippen LogP contribution in [0, 0.1) is 0 Å². The van der Waals surface area contributed by atoms with E-state index >= 15 is 0 Å². The molecule has 2 aromatic carbocycles. The lowest BCUT2D eigenvalue weighted by atomic mass is 10.1. The van der Waals surface area contributed by atoms with Crippen molar-refractivity contribution in [3.8, 4) is 5.75 Å². The highest BCUT2D eigenvalue weighted by molar-refractivity contribution is 5.28. The summed E-state index contributed by atoms with van der Waals surface area (Å²) < 4.78 is 11.2. The fourth-order valence-electron chi connectivity index (χ4n) is 2.95. The van der Waals surface area contributed by atoms with Gasteiger partial charge in [0.2, 0.25) is 0 Å². The Hall–Kier alpha value is -1.88. The predicted octanol–water partition coefficient (Wildman–Crippen LogP) is 2.47. The monoisotopic (exact) mass is 326 g/mol. The standard InChI is InChI=1S/C20H26N2O2/c21-19(15-22-10-12-23-13-11-22)14-17-6-8-20(9-7-17)24-16-18-4-2-1-3-5-18/h1-9,19H,10-16,21H2. The van der Waals surface area contributed by atoms with Gasteiger partial charge in [0.25, 0.3) is 0 Å². The van der Waals surface area contributed by atoms with Crippen LogP contribution in [0.5, 0.6) is 5.75 Å². The molecule has 4 heteroatoms. The predicted molar refractivity (Wildman–Crippen MR) is 96.2 cm³/mol. The third-order valence-electron chi connectivity index (χ3n) is 4.27. The minimum Gasteiger partial charge on any atom is -0.489 e. The highest BCUT2D eigenvalue weighted by Gasteiger charge is 2.14. The van der Waals surface area contributed by atoms with Crippen LogP contribution in [0.3, 0.4) is 0 Å². The lowest BCUT2D eigenvalue weighted by Gasteiger charge is -2.29. The summed E-state index contributed by atoms with van der Waals surface area (Å²) in [5, 5.41) is 0. The average molecular weight is 326 g/mol. The van der Waals surface area contributed by atoms with Gasteiger partial charge < -0.3 is 15.2 Å². The van der Waals surface area contributed by atoms with E-state index in [1.807, 2.05) is 30.3 Å². The van der Waals surface area contributed by atoms with Gasteiger partial charge in [0.1, 0.15) is 12.4 Å². The second-order valence-electron chi connectivity index (χ2n) is 6.30. The summed E-state index contributed by atoms with van der Waals surface area (Å²) in [4.78, 5) is 2.38. The van der Waals surface area contributed by atoms with Gasteiger partial charge >= 0.3 is 0 Å². The van der Waals surface area contributed by atoms with Gasteiger partial charge in [-0.05, 0) is 29.7 Å². The smallest absolute Gasteiger partial charge is 0.119 e. The lowest BCUT2D eigenvalue weighted by molar-refractivity contribution is 0.0353. The molecule has 0 aromatic heterocycles. The van der Waals surface area contributed by atoms with Gasteiger partial charge in [-0.1, -0.05) is 42.5 Å². The molecule has 3 rings (SSSR count). The second-order valence-corrected chi connectivity index (χ2v) is 6.30. The van der Waals surface area contributed by atoms with E-state index in [9.17, 15) is 0 Å². The van der Waals surface area contributed by atoms with Crippen molar-refractivity contribution < 1.29 is 9.47 Å². The van der Waals surface area contributed by atoms with Crippen LogP contribution in [0.1, 0.15) is 11.1 Å². The Balaban J connectivity index is 1.45. The first-order valence-electron chi connectivity index (χ1n) is 8.61. The molecule has 1 aliphatic rings. The molecule has 0 aliphatic carbocycles. The summed E-state index contributed by atoms with van der Waals surface area (Å²) in [6.45, 7) is 5.13. The summed E-state index contributed by atoms with van der Waals surface area (Å²) in [7, 11) is 0. The summed E-state index contributed by atoms with van der Waals surface area (Å²) in [6.07, 6.45) is 0.885. The number of hydrogen-bond acceptors (Lipinski definition) is 4. The van der Waals surface area contributed by atoms with Gasteiger partial charge in [0, 0.05) is 25.7 Å². The van der Waals surface area contributed by atoms with Crippen LogP contribution < -0.4 is 10.5 Å². The first-order valence-corrected chi connectivity index (χ1v) is 8.61. The zero-order valence-corrected chi connectivity index (χ0v) is 14.1. The zero-order chi connectivity index (χ0) is 16.6. The van der Waals surface area contributed by atoms with Crippen molar-refractivity contribution in [2.45, 2.75) is 19.1 Å². The third-order valence-corrected chi connectivity index (χ3v) is 4.27. The molecule has 0 spiro atoms. The van der Waals surface area contributed by atoms with Crippen molar-refractivity contribution in [1.29, 1.82) is 0 Å². The first-order chi connectivity index (χ1) is 11.8. The van der Waals surface area contributed by atoms with Crippen LogP contribution in [0.2, 0.25) is 0 Å². The molecule has 128 valence electrons. The maximum absolute atomic E-state index is 6.30. The average Bonchev–Trinajstić information content (AvgIpc) is 2.63. The van der Waals surface area contributed by atoms with Crippen LogP contribution >= 0.6 is 0 Å². The molecule has 1 saturated heterocycles. The maximum atomic E-state index is 6.30. The number of hydrogen-bond donors (Lipinski definition) is 1. The Morgan fingerprint density at radius 2 is 1.67 bits per heavy atom. The van der Waals surface area contributed by atoms with E-state index in [4.69, 9.17) is 15.2 Å². The molecule has 0 bridgehead atoms. The Morgan fingerprint density at radius 3 is 2.38 bits per heavy atom. The summed E-state index contributed by atoms with van der Waals surface area (Å²) in [5.74, 6) is 0.893. The number of nitrogens with two attached hydrogens (primary N) is 1. The third kappa shape index (κ3) is 5.34. The van der Waals surface area contributed by atoms with Crippen LogP contribution in [-0.4, -0.2) is 43.8 Å². The summed E-state index contributed by atoms with van der Waals surface area (Å²) in [6, 6.07) is 18.6. The van der Waals surface area contributed by atoms with Gasteiger partial charge in [0.15, 0.2) is 0 Å². The molecule has 4 nitrogen and oxygen atoms in total. The van der Waals surface area contributed by atoms with E-state index in [1.54, 1.807) is 0 Å². The molecular weight excluding hydrogens is 300 g/mol. The molecule has 2 N–H and O–H groups in total. The van der Waals surface area contributed by atoms with Gasteiger partial charge in [-0.3, -0.25) is 4.90 Å². The topological polar surface area (TPSA) is 47.7 Å². The molecule has 1 unspecified atom stereocenters. The maximum Gasteiger partial charge on any atom is 0.119 e. The fraction of sp³-hybridized carbons (Fsp3) is 0.400. The Bertz CT molecular complexity index is 595. The Morgan fingerprint density at radius 1 is 0.958 bits per heavy atom. The molecule has 1 fully saturated rings. The number of ether oxygens (including phenoxy) is 2.